The number of anilines is 1. The third kappa shape index (κ3) is 4.21. The van der Waals surface area contributed by atoms with E-state index in [4.69, 9.17) is 4.74 Å². The van der Waals surface area contributed by atoms with Crippen molar-refractivity contribution in [3.05, 3.63) is 63.6 Å². The van der Waals surface area contributed by atoms with Crippen molar-refractivity contribution in [2.75, 3.05) is 12.4 Å². The Hall–Kier alpha value is -2.07. The van der Waals surface area contributed by atoms with Crippen molar-refractivity contribution >= 4 is 33.6 Å². The predicted molar refractivity (Wildman–Crippen MR) is 94.3 cm³/mol. The maximum absolute atomic E-state index is 12.0. The second kappa shape index (κ2) is 7.27. The lowest BCUT2D eigenvalue weighted by molar-refractivity contribution is -0.111. The Bertz CT molecular complexity index is 723. The first-order valence-electron chi connectivity index (χ1n) is 6.89. The largest absolute Gasteiger partial charge is 0.496 e. The summed E-state index contributed by atoms with van der Waals surface area (Å²) in [5.74, 6) is 0.609. The van der Waals surface area contributed by atoms with E-state index in [1.165, 1.54) is 6.08 Å². The molecule has 0 aliphatic heterocycles. The van der Waals surface area contributed by atoms with Gasteiger partial charge in [0.2, 0.25) is 5.91 Å². The van der Waals surface area contributed by atoms with Crippen molar-refractivity contribution in [1.82, 2.24) is 0 Å². The Morgan fingerprint density at radius 2 is 1.95 bits per heavy atom. The normalized spacial score (nSPS) is 10.7. The molecule has 1 amide bonds. The van der Waals surface area contributed by atoms with E-state index in [2.05, 4.69) is 21.2 Å². The number of carbonyl (C=O) groups is 1. The van der Waals surface area contributed by atoms with Crippen LogP contribution < -0.4 is 10.1 Å². The van der Waals surface area contributed by atoms with Crippen LogP contribution >= 0.6 is 15.9 Å². The minimum Gasteiger partial charge on any atom is -0.496 e. The zero-order chi connectivity index (χ0) is 16.1. The van der Waals surface area contributed by atoms with Gasteiger partial charge in [0, 0.05) is 11.8 Å². The Labute approximate surface area is 139 Å². The van der Waals surface area contributed by atoms with Gasteiger partial charge in [0.15, 0.2) is 0 Å². The zero-order valence-electron chi connectivity index (χ0n) is 12.8. The molecule has 0 saturated carbocycles. The van der Waals surface area contributed by atoms with Crippen LogP contribution in [0.3, 0.4) is 0 Å². The average Bonchev–Trinajstić information content (AvgIpc) is 2.49. The molecule has 114 valence electrons. The molecule has 0 fully saturated rings. The fourth-order valence-corrected chi connectivity index (χ4v) is 2.56. The molecule has 2 aromatic carbocycles. The quantitative estimate of drug-likeness (QED) is 0.801. The van der Waals surface area contributed by atoms with Crippen molar-refractivity contribution in [2.45, 2.75) is 13.8 Å². The summed E-state index contributed by atoms with van der Waals surface area (Å²) in [5.41, 5.74) is 3.91. The molecule has 0 aliphatic rings. The lowest BCUT2D eigenvalue weighted by Gasteiger charge is -2.07. The van der Waals surface area contributed by atoms with E-state index in [0.717, 1.165) is 32.6 Å². The zero-order valence-corrected chi connectivity index (χ0v) is 14.4. The van der Waals surface area contributed by atoms with Crippen LogP contribution in [-0.2, 0) is 4.79 Å². The van der Waals surface area contributed by atoms with Gasteiger partial charge in [-0.25, -0.2) is 0 Å². The number of ether oxygens (including phenoxy) is 1. The van der Waals surface area contributed by atoms with E-state index in [1.54, 1.807) is 13.2 Å². The second-order valence-electron chi connectivity index (χ2n) is 5.03. The average molecular weight is 360 g/mol. The van der Waals surface area contributed by atoms with Crippen molar-refractivity contribution in [1.29, 1.82) is 0 Å². The molecule has 4 heteroatoms. The first kappa shape index (κ1) is 16.3. The van der Waals surface area contributed by atoms with Gasteiger partial charge in [-0.1, -0.05) is 18.2 Å². The first-order chi connectivity index (χ1) is 10.5. The molecule has 0 saturated heterocycles. The Balaban J connectivity index is 2.08. The van der Waals surface area contributed by atoms with E-state index in [0.29, 0.717) is 0 Å². The minimum absolute atomic E-state index is 0.152. The fourth-order valence-electron chi connectivity index (χ4n) is 2.00. The summed E-state index contributed by atoms with van der Waals surface area (Å²) in [6, 6.07) is 11.6. The van der Waals surface area contributed by atoms with Crippen LogP contribution in [0.5, 0.6) is 5.75 Å². The fraction of sp³-hybridized carbons (Fsp3) is 0.167. The number of methoxy groups -OCH3 is 1. The van der Waals surface area contributed by atoms with Gasteiger partial charge in [-0.3, -0.25) is 4.79 Å². The molecule has 0 spiro atoms. The van der Waals surface area contributed by atoms with E-state index >= 15 is 0 Å². The van der Waals surface area contributed by atoms with Gasteiger partial charge in [-0.05, 0) is 70.7 Å². The molecule has 22 heavy (non-hydrogen) atoms. The maximum Gasteiger partial charge on any atom is 0.248 e. The van der Waals surface area contributed by atoms with Crippen molar-refractivity contribution in [2.24, 2.45) is 0 Å². The topological polar surface area (TPSA) is 38.3 Å². The van der Waals surface area contributed by atoms with E-state index in [1.807, 2.05) is 50.2 Å². The molecule has 1 N–H and O–H groups in total. The molecule has 0 aliphatic carbocycles. The molecule has 0 radical (unpaired) electrons. The highest BCUT2D eigenvalue weighted by atomic mass is 79.9. The third-order valence-corrected chi connectivity index (χ3v) is 3.87. The number of aryl methyl sites for hydroxylation is 2. The van der Waals surface area contributed by atoms with Gasteiger partial charge in [0.05, 0.1) is 11.6 Å². The molecular formula is C18H18BrNO2. The minimum atomic E-state index is -0.152. The van der Waals surface area contributed by atoms with Gasteiger partial charge in [0.1, 0.15) is 5.75 Å². The molecule has 0 bridgehead atoms. The van der Waals surface area contributed by atoms with Crippen LogP contribution in [0.15, 0.2) is 46.9 Å². The predicted octanol–water partition coefficient (Wildman–Crippen LogP) is 4.73. The molecule has 3 nitrogen and oxygen atoms in total. The van der Waals surface area contributed by atoms with E-state index < -0.39 is 0 Å². The molecule has 0 heterocycles. The number of benzene rings is 2. The van der Waals surface area contributed by atoms with Crippen LogP contribution in [-0.4, -0.2) is 13.0 Å². The van der Waals surface area contributed by atoms with Gasteiger partial charge >= 0.3 is 0 Å². The molecule has 2 aromatic rings. The standard InChI is InChI=1S/C18H18BrNO2/c1-12-4-5-13(2)16(10-12)20-18(21)9-7-14-6-8-17(22-3)15(19)11-14/h4-11H,1-3H3,(H,20,21). The number of rotatable bonds is 4. The van der Waals surface area contributed by atoms with Crippen molar-refractivity contribution in [3.63, 3.8) is 0 Å². The number of carbonyl (C=O) groups excluding carboxylic acids is 1. The lowest BCUT2D eigenvalue weighted by atomic mass is 10.1. The van der Waals surface area contributed by atoms with Crippen LogP contribution in [0.2, 0.25) is 0 Å². The highest BCUT2D eigenvalue weighted by Crippen LogP contribution is 2.26. The van der Waals surface area contributed by atoms with Crippen molar-refractivity contribution in [3.8, 4) is 5.75 Å². The van der Waals surface area contributed by atoms with Gasteiger partial charge < -0.3 is 10.1 Å². The van der Waals surface area contributed by atoms with Crippen LogP contribution in [0.1, 0.15) is 16.7 Å². The molecule has 0 aromatic heterocycles. The van der Waals surface area contributed by atoms with Crippen LogP contribution in [0, 0.1) is 13.8 Å². The Kier molecular flexibility index (Phi) is 5.39. The third-order valence-electron chi connectivity index (χ3n) is 3.25. The van der Waals surface area contributed by atoms with Gasteiger partial charge in [-0.2, -0.15) is 0 Å². The van der Waals surface area contributed by atoms with Crippen LogP contribution in [0.25, 0.3) is 6.08 Å². The maximum atomic E-state index is 12.0. The molecular weight excluding hydrogens is 342 g/mol. The summed E-state index contributed by atoms with van der Waals surface area (Å²) in [6.45, 7) is 3.97. The van der Waals surface area contributed by atoms with Crippen LogP contribution in [0.4, 0.5) is 5.69 Å². The first-order valence-corrected chi connectivity index (χ1v) is 7.69. The summed E-state index contributed by atoms with van der Waals surface area (Å²) < 4.78 is 6.03. The van der Waals surface area contributed by atoms with Crippen molar-refractivity contribution < 1.29 is 9.53 Å². The molecule has 2 rings (SSSR count). The number of halogens is 1. The van der Waals surface area contributed by atoms with Gasteiger partial charge in [0.25, 0.3) is 0 Å². The smallest absolute Gasteiger partial charge is 0.248 e. The number of hydrogen-bond donors (Lipinski definition) is 1. The van der Waals surface area contributed by atoms with Gasteiger partial charge in [-0.15, -0.1) is 0 Å². The highest BCUT2D eigenvalue weighted by molar-refractivity contribution is 9.10. The number of amides is 1. The molecule has 0 unspecified atom stereocenters. The highest BCUT2D eigenvalue weighted by Gasteiger charge is 2.03. The van der Waals surface area contributed by atoms with E-state index in [9.17, 15) is 4.79 Å². The number of nitrogens with one attached hydrogen (secondary N) is 1. The summed E-state index contributed by atoms with van der Waals surface area (Å²) in [7, 11) is 1.62. The monoisotopic (exact) mass is 359 g/mol. The summed E-state index contributed by atoms with van der Waals surface area (Å²) in [5, 5.41) is 2.90. The second-order valence-corrected chi connectivity index (χ2v) is 5.89. The SMILES string of the molecule is COc1ccc(C=CC(=O)Nc2cc(C)ccc2C)cc1Br. The summed E-state index contributed by atoms with van der Waals surface area (Å²) in [4.78, 5) is 12.0. The molecule has 0 atom stereocenters. The Morgan fingerprint density at radius 1 is 1.18 bits per heavy atom. The Morgan fingerprint density at radius 3 is 2.64 bits per heavy atom. The summed E-state index contributed by atoms with van der Waals surface area (Å²) >= 11 is 3.43. The summed E-state index contributed by atoms with van der Waals surface area (Å²) in [6.07, 6.45) is 3.29. The van der Waals surface area contributed by atoms with E-state index in [-0.39, 0.29) is 5.91 Å². The number of hydrogen-bond acceptors (Lipinski definition) is 2. The lowest BCUT2D eigenvalue weighted by Crippen LogP contribution is -2.09.